The Labute approximate surface area is 210 Å². The molecule has 1 atom stereocenters. The largest absolute Gasteiger partial charge is 0.508 e. The summed E-state index contributed by atoms with van der Waals surface area (Å²) in [5.74, 6) is 0.808. The van der Waals surface area contributed by atoms with Gasteiger partial charge in [-0.1, -0.05) is 64.5 Å². The fourth-order valence-corrected chi connectivity index (χ4v) is 5.61. The van der Waals surface area contributed by atoms with Crippen LogP contribution >= 0.6 is 15.9 Å². The van der Waals surface area contributed by atoms with Crippen molar-refractivity contribution >= 4 is 33.0 Å². The Morgan fingerprint density at radius 1 is 0.971 bits per heavy atom. The quantitative estimate of drug-likeness (QED) is 0.317. The van der Waals surface area contributed by atoms with Gasteiger partial charge in [-0.3, -0.25) is 9.36 Å². The van der Waals surface area contributed by atoms with Gasteiger partial charge in [0.1, 0.15) is 12.4 Å². The van der Waals surface area contributed by atoms with Gasteiger partial charge in [-0.15, -0.1) is 0 Å². The molecule has 0 N–H and O–H groups in total. The number of ether oxygens (including phenoxy) is 2. The summed E-state index contributed by atoms with van der Waals surface area (Å²) in [4.78, 5) is 30.1. The highest BCUT2D eigenvalue weighted by Gasteiger charge is 2.29. The van der Waals surface area contributed by atoms with Crippen LogP contribution in [0.3, 0.4) is 0 Å². The number of aryl methyl sites for hydroxylation is 1. The molecule has 0 bridgehead atoms. The Kier molecular flexibility index (Phi) is 5.65. The van der Waals surface area contributed by atoms with Crippen molar-refractivity contribution < 1.29 is 14.3 Å². The highest BCUT2D eigenvalue weighted by Crippen LogP contribution is 2.44. The van der Waals surface area contributed by atoms with Crippen LogP contribution in [0, 0.1) is 5.92 Å². The van der Waals surface area contributed by atoms with Gasteiger partial charge in [-0.25, -0.2) is 9.78 Å². The molecule has 1 aliphatic carbocycles. The first-order valence-electron chi connectivity index (χ1n) is 11.8. The molecule has 4 aromatic rings. The van der Waals surface area contributed by atoms with E-state index in [0.29, 0.717) is 23.9 Å². The Hall–Kier alpha value is -3.45. The van der Waals surface area contributed by atoms with Crippen LogP contribution in [-0.2, 0) is 22.4 Å². The summed E-state index contributed by atoms with van der Waals surface area (Å²) < 4.78 is 13.6. The standard InChI is InChI=1S/C28H23BrN2O4/c29-18-10-11-23-25(13-18)30-26-12-9-17(14-31(26)27(23)32)15-34-28(33)35-16-24-21-7-3-1-5-19(21)20-6-2-4-8-22(20)24/h1-8,10-11,13,17,24H,9,12,14-16H2. The number of fused-ring (bicyclic) bond motifs is 5. The summed E-state index contributed by atoms with van der Waals surface area (Å²) in [6.45, 7) is 0.913. The van der Waals surface area contributed by atoms with E-state index in [-0.39, 0.29) is 30.6 Å². The first-order valence-corrected chi connectivity index (χ1v) is 12.5. The van der Waals surface area contributed by atoms with Crippen LogP contribution in [-0.4, -0.2) is 28.9 Å². The molecule has 176 valence electrons. The maximum absolute atomic E-state index is 13.0. The molecule has 0 saturated carbocycles. The third-order valence-electron chi connectivity index (χ3n) is 6.98. The minimum Gasteiger partial charge on any atom is -0.434 e. The van der Waals surface area contributed by atoms with Crippen molar-refractivity contribution in [3.05, 3.63) is 98.5 Å². The van der Waals surface area contributed by atoms with Crippen molar-refractivity contribution in [2.75, 3.05) is 13.2 Å². The van der Waals surface area contributed by atoms with Gasteiger partial charge >= 0.3 is 6.16 Å². The van der Waals surface area contributed by atoms with Crippen LogP contribution < -0.4 is 5.56 Å². The summed E-state index contributed by atoms with van der Waals surface area (Å²) in [7, 11) is 0. The Bertz CT molecular complexity index is 1470. The lowest BCUT2D eigenvalue weighted by molar-refractivity contribution is 0.0379. The molecule has 0 radical (unpaired) electrons. The van der Waals surface area contributed by atoms with Gasteiger partial charge in [0, 0.05) is 29.3 Å². The molecular formula is C28H23BrN2O4. The number of benzene rings is 3. The number of carbonyl (C=O) groups excluding carboxylic acids is 1. The lowest BCUT2D eigenvalue weighted by Gasteiger charge is -2.25. The lowest BCUT2D eigenvalue weighted by atomic mass is 9.98. The molecule has 3 aromatic carbocycles. The highest BCUT2D eigenvalue weighted by atomic mass is 79.9. The molecular weight excluding hydrogens is 508 g/mol. The zero-order chi connectivity index (χ0) is 23.9. The van der Waals surface area contributed by atoms with Crippen LogP contribution in [0.15, 0.2) is 76.0 Å². The van der Waals surface area contributed by atoms with E-state index in [2.05, 4.69) is 45.2 Å². The molecule has 6 nitrogen and oxygen atoms in total. The molecule has 1 aliphatic heterocycles. The van der Waals surface area contributed by atoms with E-state index >= 15 is 0 Å². The zero-order valence-corrected chi connectivity index (χ0v) is 20.5. The molecule has 2 aliphatic rings. The predicted octanol–water partition coefficient (Wildman–Crippen LogP) is 5.69. The third-order valence-corrected chi connectivity index (χ3v) is 7.47. The topological polar surface area (TPSA) is 70.4 Å². The van der Waals surface area contributed by atoms with Crippen LogP contribution in [0.25, 0.3) is 22.0 Å². The Morgan fingerprint density at radius 2 is 1.66 bits per heavy atom. The van der Waals surface area contributed by atoms with Crippen molar-refractivity contribution in [3.63, 3.8) is 0 Å². The first-order chi connectivity index (χ1) is 17.1. The van der Waals surface area contributed by atoms with E-state index in [0.717, 1.165) is 27.8 Å². The zero-order valence-electron chi connectivity index (χ0n) is 18.9. The second kappa shape index (κ2) is 8.96. The molecule has 0 fully saturated rings. The summed E-state index contributed by atoms with van der Waals surface area (Å²) in [6.07, 6.45) is 0.783. The summed E-state index contributed by atoms with van der Waals surface area (Å²) >= 11 is 3.44. The number of nitrogens with zero attached hydrogens (tertiary/aromatic N) is 2. The van der Waals surface area contributed by atoms with Crippen molar-refractivity contribution in [1.29, 1.82) is 0 Å². The second-order valence-corrected chi connectivity index (χ2v) is 10.0. The summed E-state index contributed by atoms with van der Waals surface area (Å²) in [6, 6.07) is 22.0. The van der Waals surface area contributed by atoms with Crippen molar-refractivity contribution in [3.8, 4) is 11.1 Å². The average Bonchev–Trinajstić information content (AvgIpc) is 3.20. The van der Waals surface area contributed by atoms with Gasteiger partial charge in [0.05, 0.1) is 17.5 Å². The fourth-order valence-electron chi connectivity index (χ4n) is 5.26. The predicted molar refractivity (Wildman–Crippen MR) is 137 cm³/mol. The van der Waals surface area contributed by atoms with Crippen LogP contribution in [0.1, 0.15) is 29.3 Å². The smallest absolute Gasteiger partial charge is 0.434 e. The van der Waals surface area contributed by atoms with Gasteiger partial charge in [0.2, 0.25) is 0 Å². The average molecular weight is 531 g/mol. The fraction of sp³-hybridized carbons (Fsp3) is 0.250. The highest BCUT2D eigenvalue weighted by molar-refractivity contribution is 9.10. The van der Waals surface area contributed by atoms with Gasteiger partial charge in [-0.2, -0.15) is 0 Å². The molecule has 2 heterocycles. The number of aromatic nitrogens is 2. The van der Waals surface area contributed by atoms with Gasteiger partial charge < -0.3 is 9.47 Å². The molecule has 6 rings (SSSR count). The molecule has 0 spiro atoms. The number of carbonyl (C=O) groups is 1. The second-order valence-electron chi connectivity index (χ2n) is 9.11. The molecule has 0 amide bonds. The van der Waals surface area contributed by atoms with E-state index in [4.69, 9.17) is 9.47 Å². The molecule has 1 aromatic heterocycles. The van der Waals surface area contributed by atoms with Crippen LogP contribution in [0.2, 0.25) is 0 Å². The van der Waals surface area contributed by atoms with Crippen molar-refractivity contribution in [1.82, 2.24) is 9.55 Å². The van der Waals surface area contributed by atoms with Gasteiger partial charge in [0.15, 0.2) is 0 Å². The third kappa shape index (κ3) is 4.04. The molecule has 7 heteroatoms. The molecule has 1 unspecified atom stereocenters. The summed E-state index contributed by atoms with van der Waals surface area (Å²) in [5.41, 5.74) is 5.34. The van der Waals surface area contributed by atoms with Crippen molar-refractivity contribution in [2.24, 2.45) is 5.92 Å². The summed E-state index contributed by atoms with van der Waals surface area (Å²) in [5, 5.41) is 0.593. The lowest BCUT2D eigenvalue weighted by Crippen LogP contribution is -2.34. The number of hydrogen-bond donors (Lipinski definition) is 0. The van der Waals surface area contributed by atoms with E-state index in [1.165, 1.54) is 11.1 Å². The number of rotatable bonds is 4. The van der Waals surface area contributed by atoms with E-state index in [9.17, 15) is 9.59 Å². The van der Waals surface area contributed by atoms with E-state index < -0.39 is 6.16 Å². The first kappa shape index (κ1) is 22.0. The normalized spacial score (nSPS) is 16.4. The monoisotopic (exact) mass is 530 g/mol. The number of halogens is 1. The minimum atomic E-state index is -0.675. The SMILES string of the molecule is O=C(OCC1CCc2nc3cc(Br)ccc3c(=O)n2C1)OCC1c2ccccc2-c2ccccc21. The van der Waals surface area contributed by atoms with Crippen molar-refractivity contribution in [2.45, 2.75) is 25.3 Å². The van der Waals surface area contributed by atoms with E-state index in [1.807, 2.05) is 36.4 Å². The van der Waals surface area contributed by atoms with E-state index in [1.54, 1.807) is 10.6 Å². The number of hydrogen-bond acceptors (Lipinski definition) is 5. The maximum Gasteiger partial charge on any atom is 0.508 e. The molecule has 35 heavy (non-hydrogen) atoms. The van der Waals surface area contributed by atoms with Crippen LogP contribution in [0.5, 0.6) is 0 Å². The molecule has 0 saturated heterocycles. The van der Waals surface area contributed by atoms with Crippen LogP contribution in [0.4, 0.5) is 4.79 Å². The Morgan fingerprint density at radius 3 is 2.40 bits per heavy atom. The Balaban J connectivity index is 1.10. The minimum absolute atomic E-state index is 0.00511. The van der Waals surface area contributed by atoms with Gasteiger partial charge in [-0.05, 0) is 46.9 Å². The maximum atomic E-state index is 13.0. The van der Waals surface area contributed by atoms with Gasteiger partial charge in [0.25, 0.3) is 5.56 Å².